The Morgan fingerprint density at radius 3 is 2.48 bits per heavy atom. The van der Waals surface area contributed by atoms with Crippen molar-refractivity contribution in [3.8, 4) is 0 Å². The van der Waals surface area contributed by atoms with E-state index in [4.69, 9.17) is 24.2 Å². The second-order valence-corrected chi connectivity index (χ2v) is 7.59. The van der Waals surface area contributed by atoms with Crippen molar-refractivity contribution in [2.24, 2.45) is 5.92 Å². The molecule has 3 atom stereocenters. The predicted octanol–water partition coefficient (Wildman–Crippen LogP) is 4.56. The van der Waals surface area contributed by atoms with Gasteiger partial charge in [0.25, 0.3) is 0 Å². The molecule has 0 spiro atoms. The molecule has 2 nitrogen and oxygen atoms in total. The van der Waals surface area contributed by atoms with Gasteiger partial charge in [0.1, 0.15) is 0 Å². The van der Waals surface area contributed by atoms with E-state index in [1.54, 1.807) is 12.1 Å². The summed E-state index contributed by atoms with van der Waals surface area (Å²) in [5.74, 6) is 0.0866. The van der Waals surface area contributed by atoms with E-state index >= 15 is 0 Å². The molecule has 0 radical (unpaired) electrons. The van der Waals surface area contributed by atoms with Gasteiger partial charge >= 0.3 is 0 Å². The number of piperidine rings is 1. The molecular weight excluding hydrogens is 326 g/mol. The summed E-state index contributed by atoms with van der Waals surface area (Å²) in [6, 6.07) is 17.3. The lowest BCUT2D eigenvalue weighted by molar-refractivity contribution is 0.0844. The van der Waals surface area contributed by atoms with E-state index < -0.39 is 4.87 Å². The average Bonchev–Trinajstić information content (AvgIpc) is 2.54. The highest BCUT2D eigenvalue weighted by molar-refractivity contribution is 7.81. The van der Waals surface area contributed by atoms with Crippen molar-refractivity contribution in [3.05, 3.63) is 70.7 Å². The lowest BCUT2D eigenvalue weighted by atomic mass is 9.73. The van der Waals surface area contributed by atoms with E-state index in [-0.39, 0.29) is 17.6 Å². The third kappa shape index (κ3) is 3.47. The van der Waals surface area contributed by atoms with E-state index in [2.05, 4.69) is 24.4 Å². The van der Waals surface area contributed by atoms with Crippen LogP contribution in [0.1, 0.15) is 35.2 Å². The second kappa shape index (κ2) is 6.68. The Labute approximate surface area is 147 Å². The summed E-state index contributed by atoms with van der Waals surface area (Å²) in [5.41, 5.74) is 1.86. The van der Waals surface area contributed by atoms with Crippen molar-refractivity contribution >= 4 is 30.0 Å². The number of halogens is 1. The fourth-order valence-corrected chi connectivity index (χ4v) is 4.04. The van der Waals surface area contributed by atoms with Gasteiger partial charge in [-0.15, -0.1) is 0 Å². The van der Waals surface area contributed by atoms with E-state index in [1.165, 1.54) is 0 Å². The van der Waals surface area contributed by atoms with Gasteiger partial charge in [-0.1, -0.05) is 41.9 Å². The van der Waals surface area contributed by atoms with E-state index in [9.17, 15) is 4.79 Å². The normalized spacial score (nSPS) is 27.6. The van der Waals surface area contributed by atoms with Crippen LogP contribution in [0.15, 0.2) is 54.6 Å². The highest BCUT2D eigenvalue weighted by Gasteiger charge is 2.43. The van der Waals surface area contributed by atoms with Gasteiger partial charge in [0.15, 0.2) is 5.78 Å². The monoisotopic (exact) mass is 345 g/mol. The van der Waals surface area contributed by atoms with Crippen LogP contribution in [0.3, 0.4) is 0 Å². The summed E-state index contributed by atoms with van der Waals surface area (Å²) in [6.45, 7) is 2.84. The van der Waals surface area contributed by atoms with Crippen molar-refractivity contribution in [2.75, 3.05) is 6.54 Å². The van der Waals surface area contributed by atoms with Crippen LogP contribution in [0.4, 0.5) is 0 Å². The van der Waals surface area contributed by atoms with Crippen molar-refractivity contribution in [1.82, 2.24) is 5.32 Å². The number of carbonyl (C=O) groups is 1. The Hall–Kier alpha value is -1.29. The number of hydrogen-bond donors (Lipinski definition) is 2. The quantitative estimate of drug-likeness (QED) is 0.630. The van der Waals surface area contributed by atoms with Crippen LogP contribution in [-0.2, 0) is 0 Å². The molecule has 120 valence electrons. The topological polar surface area (TPSA) is 29.1 Å². The van der Waals surface area contributed by atoms with Gasteiger partial charge in [0.05, 0.1) is 4.87 Å². The van der Waals surface area contributed by atoms with Gasteiger partial charge in [-0.25, -0.2) is 0 Å². The standard InChI is InChI=1S/C19H20ClNOS/c1-19(23)17(13-5-3-2-4-6-13)16(11-12-21-19)18(22)14-7-9-15(20)10-8-14/h2-10,16-17,21,23H,11-12H2,1H3. The first-order valence-electron chi connectivity index (χ1n) is 7.81. The maximum Gasteiger partial charge on any atom is 0.166 e. The Balaban J connectivity index is 1.98. The average molecular weight is 346 g/mol. The third-order valence-electron chi connectivity index (χ3n) is 4.57. The number of ketones is 1. The van der Waals surface area contributed by atoms with Crippen LogP contribution in [0, 0.1) is 5.92 Å². The molecule has 3 rings (SSSR count). The third-order valence-corrected chi connectivity index (χ3v) is 5.26. The molecule has 1 aliphatic heterocycles. The number of thiol groups is 1. The molecule has 0 aliphatic carbocycles. The first kappa shape index (κ1) is 16.6. The lowest BCUT2D eigenvalue weighted by Crippen LogP contribution is -2.52. The molecule has 1 fully saturated rings. The summed E-state index contributed by atoms with van der Waals surface area (Å²) >= 11 is 10.8. The lowest BCUT2D eigenvalue weighted by Gasteiger charge is -2.43. The Bertz CT molecular complexity index is 684. The summed E-state index contributed by atoms with van der Waals surface area (Å²) < 4.78 is 0. The minimum atomic E-state index is -0.424. The van der Waals surface area contributed by atoms with E-state index in [0.29, 0.717) is 10.6 Å². The zero-order valence-electron chi connectivity index (χ0n) is 13.0. The van der Waals surface area contributed by atoms with Crippen LogP contribution in [0.2, 0.25) is 5.02 Å². The van der Waals surface area contributed by atoms with Gasteiger partial charge in [0, 0.05) is 22.4 Å². The smallest absolute Gasteiger partial charge is 0.166 e. The van der Waals surface area contributed by atoms with Crippen molar-refractivity contribution in [3.63, 3.8) is 0 Å². The molecule has 1 aliphatic rings. The first-order valence-corrected chi connectivity index (χ1v) is 8.64. The maximum absolute atomic E-state index is 13.1. The molecular formula is C19H20ClNOS. The molecule has 4 heteroatoms. The molecule has 2 aromatic rings. The number of carbonyl (C=O) groups excluding carboxylic acids is 1. The molecule has 0 bridgehead atoms. The number of nitrogens with one attached hydrogen (secondary N) is 1. The molecule has 23 heavy (non-hydrogen) atoms. The number of hydrogen-bond acceptors (Lipinski definition) is 3. The zero-order valence-corrected chi connectivity index (χ0v) is 14.6. The number of benzene rings is 2. The maximum atomic E-state index is 13.1. The molecule has 1 heterocycles. The molecule has 0 saturated carbocycles. The molecule has 3 unspecified atom stereocenters. The number of rotatable bonds is 3. The summed E-state index contributed by atoms with van der Waals surface area (Å²) in [6.07, 6.45) is 0.803. The highest BCUT2D eigenvalue weighted by Crippen LogP contribution is 2.43. The summed E-state index contributed by atoms with van der Waals surface area (Å²) in [5, 5.41) is 4.09. The minimum Gasteiger partial charge on any atom is -0.303 e. The van der Waals surface area contributed by atoms with Gasteiger partial charge in [-0.05, 0) is 49.7 Å². The van der Waals surface area contributed by atoms with Gasteiger partial charge in [-0.3, -0.25) is 4.79 Å². The zero-order chi connectivity index (χ0) is 16.4. The molecule has 0 amide bonds. The summed E-state index contributed by atoms with van der Waals surface area (Å²) in [4.78, 5) is 12.7. The fraction of sp³-hybridized carbons (Fsp3) is 0.316. The largest absolute Gasteiger partial charge is 0.303 e. The van der Waals surface area contributed by atoms with Crippen molar-refractivity contribution in [1.29, 1.82) is 0 Å². The Morgan fingerprint density at radius 1 is 1.17 bits per heavy atom. The van der Waals surface area contributed by atoms with Gasteiger partial charge < -0.3 is 5.32 Å². The SMILES string of the molecule is CC1(S)NCCC(C(=O)c2ccc(Cl)cc2)C1c1ccccc1. The van der Waals surface area contributed by atoms with Crippen LogP contribution in [0.25, 0.3) is 0 Å². The van der Waals surface area contributed by atoms with Crippen LogP contribution < -0.4 is 5.32 Å². The van der Waals surface area contributed by atoms with Gasteiger partial charge in [-0.2, -0.15) is 12.6 Å². The minimum absolute atomic E-state index is 0.0176. The fourth-order valence-electron chi connectivity index (χ4n) is 3.48. The highest BCUT2D eigenvalue weighted by atomic mass is 35.5. The Morgan fingerprint density at radius 2 is 1.83 bits per heavy atom. The molecule has 0 aromatic heterocycles. The summed E-state index contributed by atoms with van der Waals surface area (Å²) in [7, 11) is 0. The van der Waals surface area contributed by atoms with E-state index in [1.807, 2.05) is 30.3 Å². The van der Waals surface area contributed by atoms with Crippen molar-refractivity contribution in [2.45, 2.75) is 24.1 Å². The Kier molecular flexibility index (Phi) is 4.81. The molecule has 1 saturated heterocycles. The van der Waals surface area contributed by atoms with Gasteiger partial charge in [0.2, 0.25) is 0 Å². The van der Waals surface area contributed by atoms with E-state index in [0.717, 1.165) is 18.5 Å². The van der Waals surface area contributed by atoms with Crippen LogP contribution in [0.5, 0.6) is 0 Å². The van der Waals surface area contributed by atoms with Crippen molar-refractivity contribution < 1.29 is 4.79 Å². The molecule has 1 N–H and O–H groups in total. The molecule has 2 aromatic carbocycles. The second-order valence-electron chi connectivity index (χ2n) is 6.23. The first-order chi connectivity index (χ1) is 11.0. The predicted molar refractivity (Wildman–Crippen MR) is 98.5 cm³/mol. The van der Waals surface area contributed by atoms with Crippen LogP contribution >= 0.6 is 24.2 Å². The number of Topliss-reactive ketones (excluding diaryl/α,β-unsaturated/α-hetero) is 1. The van der Waals surface area contributed by atoms with Crippen LogP contribution in [-0.4, -0.2) is 17.2 Å².